The second kappa shape index (κ2) is 8.41. The van der Waals surface area contributed by atoms with E-state index in [1.165, 1.54) is 36.0 Å². The normalized spacial score (nSPS) is 11.7. The van der Waals surface area contributed by atoms with Crippen LogP contribution in [-0.2, 0) is 12.7 Å². The Morgan fingerprint density at radius 3 is 2.59 bits per heavy atom. The van der Waals surface area contributed by atoms with Crippen LogP contribution in [0.3, 0.4) is 0 Å². The van der Waals surface area contributed by atoms with Crippen molar-refractivity contribution in [3.63, 3.8) is 0 Å². The molecule has 0 saturated carbocycles. The van der Waals surface area contributed by atoms with Gasteiger partial charge in [0.25, 0.3) is 5.91 Å². The summed E-state index contributed by atoms with van der Waals surface area (Å²) in [5, 5.41) is 3.44. The lowest BCUT2D eigenvalue weighted by molar-refractivity contribution is -0.137. The molecule has 0 saturated heterocycles. The standard InChI is InChI=1S/C21H18F4N2OS/c1-3-29-20-18(19(28)26-11-13-5-4-6-15(22)9-13)12(2)16-10-14(21(23,24)25)7-8-17(16)27-20/h4-10H,3,11H2,1-2H3,(H,26,28). The number of rotatable bonds is 5. The number of nitrogens with one attached hydrogen (secondary N) is 1. The third kappa shape index (κ3) is 4.70. The number of hydrogen-bond donors (Lipinski definition) is 1. The van der Waals surface area contributed by atoms with Crippen molar-refractivity contribution in [3.05, 3.63) is 70.5 Å². The van der Waals surface area contributed by atoms with E-state index in [9.17, 15) is 22.4 Å². The van der Waals surface area contributed by atoms with Gasteiger partial charge in [0.2, 0.25) is 0 Å². The summed E-state index contributed by atoms with van der Waals surface area (Å²) >= 11 is 1.34. The zero-order valence-electron chi connectivity index (χ0n) is 15.7. The third-order valence-corrected chi connectivity index (χ3v) is 5.25. The smallest absolute Gasteiger partial charge is 0.348 e. The van der Waals surface area contributed by atoms with Gasteiger partial charge < -0.3 is 5.32 Å². The molecule has 29 heavy (non-hydrogen) atoms. The molecule has 2 aromatic carbocycles. The number of benzene rings is 2. The summed E-state index contributed by atoms with van der Waals surface area (Å²) in [5.41, 5.74) is 0.840. The molecular formula is C21H18F4N2OS. The van der Waals surface area contributed by atoms with Crippen LogP contribution in [0, 0.1) is 12.7 Å². The van der Waals surface area contributed by atoms with E-state index in [1.54, 1.807) is 13.0 Å². The minimum Gasteiger partial charge on any atom is -0.348 e. The summed E-state index contributed by atoms with van der Waals surface area (Å²) in [7, 11) is 0. The van der Waals surface area contributed by atoms with Crippen LogP contribution < -0.4 is 5.32 Å². The van der Waals surface area contributed by atoms with Crippen molar-refractivity contribution in [2.24, 2.45) is 0 Å². The van der Waals surface area contributed by atoms with Crippen LogP contribution in [0.2, 0.25) is 0 Å². The third-order valence-electron chi connectivity index (χ3n) is 4.39. The van der Waals surface area contributed by atoms with E-state index in [1.807, 2.05) is 6.92 Å². The molecular weight excluding hydrogens is 404 g/mol. The van der Waals surface area contributed by atoms with E-state index < -0.39 is 23.5 Å². The maximum Gasteiger partial charge on any atom is 0.416 e. The van der Waals surface area contributed by atoms with Gasteiger partial charge in [0.1, 0.15) is 10.8 Å². The van der Waals surface area contributed by atoms with Crippen LogP contribution >= 0.6 is 11.8 Å². The van der Waals surface area contributed by atoms with Gasteiger partial charge in [-0.3, -0.25) is 4.79 Å². The summed E-state index contributed by atoms with van der Waals surface area (Å²) < 4.78 is 52.7. The molecule has 0 radical (unpaired) electrons. The lowest BCUT2D eigenvalue weighted by atomic mass is 10.0. The molecule has 1 N–H and O–H groups in total. The summed E-state index contributed by atoms with van der Waals surface area (Å²) in [6.07, 6.45) is -4.49. The average Bonchev–Trinajstić information content (AvgIpc) is 2.66. The molecule has 3 aromatic rings. The Kier molecular flexibility index (Phi) is 6.12. The van der Waals surface area contributed by atoms with E-state index in [0.29, 0.717) is 27.4 Å². The SMILES string of the molecule is CCSc1nc2ccc(C(F)(F)F)cc2c(C)c1C(=O)NCc1cccc(F)c1. The zero-order valence-corrected chi connectivity index (χ0v) is 16.5. The number of halogens is 4. The summed E-state index contributed by atoms with van der Waals surface area (Å²) in [5.74, 6) is -0.236. The number of thioether (sulfide) groups is 1. The molecule has 0 fully saturated rings. The molecule has 0 aliphatic heterocycles. The molecule has 1 amide bonds. The van der Waals surface area contributed by atoms with Crippen molar-refractivity contribution < 1.29 is 22.4 Å². The molecule has 0 bridgehead atoms. The number of pyridine rings is 1. The Balaban J connectivity index is 2.02. The van der Waals surface area contributed by atoms with Gasteiger partial charge in [0.15, 0.2) is 0 Å². The molecule has 152 valence electrons. The Labute approximate surface area is 169 Å². The number of carbonyl (C=O) groups is 1. The van der Waals surface area contributed by atoms with E-state index in [4.69, 9.17) is 0 Å². The van der Waals surface area contributed by atoms with Crippen LogP contribution in [0.4, 0.5) is 17.6 Å². The first kappa shape index (κ1) is 21.1. The zero-order chi connectivity index (χ0) is 21.2. The number of aromatic nitrogens is 1. The first-order valence-corrected chi connectivity index (χ1v) is 9.86. The molecule has 8 heteroatoms. The fourth-order valence-electron chi connectivity index (χ4n) is 3.00. The number of amides is 1. The van der Waals surface area contributed by atoms with Gasteiger partial charge in [0, 0.05) is 11.9 Å². The predicted octanol–water partition coefficient (Wildman–Crippen LogP) is 5.74. The van der Waals surface area contributed by atoms with Gasteiger partial charge in [-0.1, -0.05) is 19.1 Å². The van der Waals surface area contributed by atoms with Crippen molar-refractivity contribution in [2.45, 2.75) is 31.6 Å². The highest BCUT2D eigenvalue weighted by Gasteiger charge is 2.31. The number of nitrogens with zero attached hydrogens (tertiary/aromatic N) is 1. The molecule has 0 atom stereocenters. The maximum atomic E-state index is 13.3. The fraction of sp³-hybridized carbons (Fsp3) is 0.238. The first-order chi connectivity index (χ1) is 13.7. The highest BCUT2D eigenvalue weighted by molar-refractivity contribution is 7.99. The van der Waals surface area contributed by atoms with Gasteiger partial charge in [-0.15, -0.1) is 11.8 Å². The predicted molar refractivity (Wildman–Crippen MR) is 105 cm³/mol. The van der Waals surface area contributed by atoms with Gasteiger partial charge in [-0.05, 0) is 54.1 Å². The monoisotopic (exact) mass is 422 g/mol. The second-order valence-corrected chi connectivity index (χ2v) is 7.64. The van der Waals surface area contributed by atoms with E-state index in [2.05, 4.69) is 10.3 Å². The first-order valence-electron chi connectivity index (χ1n) is 8.87. The topological polar surface area (TPSA) is 42.0 Å². The summed E-state index contributed by atoms with van der Waals surface area (Å²) in [4.78, 5) is 17.3. The van der Waals surface area contributed by atoms with Crippen molar-refractivity contribution in [3.8, 4) is 0 Å². The van der Waals surface area contributed by atoms with Crippen molar-refractivity contribution in [1.82, 2.24) is 10.3 Å². The lowest BCUT2D eigenvalue weighted by Crippen LogP contribution is -2.25. The fourth-order valence-corrected chi connectivity index (χ4v) is 3.82. The lowest BCUT2D eigenvalue weighted by Gasteiger charge is -2.15. The highest BCUT2D eigenvalue weighted by Crippen LogP contribution is 2.34. The number of fused-ring (bicyclic) bond motifs is 1. The minimum absolute atomic E-state index is 0.0902. The average molecular weight is 422 g/mol. The van der Waals surface area contributed by atoms with Crippen molar-refractivity contribution in [2.75, 3.05) is 5.75 Å². The molecule has 1 heterocycles. The number of hydrogen-bond acceptors (Lipinski definition) is 3. The van der Waals surface area contributed by atoms with E-state index in [0.717, 1.165) is 12.1 Å². The van der Waals surface area contributed by atoms with Crippen molar-refractivity contribution >= 4 is 28.6 Å². The Hall–Kier alpha value is -2.61. The molecule has 0 spiro atoms. The van der Waals surface area contributed by atoms with Crippen LogP contribution in [0.1, 0.15) is 34.0 Å². The largest absolute Gasteiger partial charge is 0.416 e. The number of carbonyl (C=O) groups excluding carboxylic acids is 1. The van der Waals surface area contributed by atoms with Gasteiger partial charge in [0.05, 0.1) is 16.6 Å². The molecule has 0 aliphatic rings. The second-order valence-electron chi connectivity index (χ2n) is 6.39. The van der Waals surface area contributed by atoms with E-state index >= 15 is 0 Å². The van der Waals surface area contributed by atoms with E-state index in [-0.39, 0.29) is 17.5 Å². The minimum atomic E-state index is -4.49. The molecule has 0 unspecified atom stereocenters. The molecule has 3 rings (SSSR count). The van der Waals surface area contributed by atoms with Crippen LogP contribution in [0.25, 0.3) is 10.9 Å². The van der Waals surface area contributed by atoms with Crippen molar-refractivity contribution in [1.29, 1.82) is 0 Å². The highest BCUT2D eigenvalue weighted by atomic mass is 32.2. The van der Waals surface area contributed by atoms with Crippen LogP contribution in [0.5, 0.6) is 0 Å². The van der Waals surface area contributed by atoms with Gasteiger partial charge in [-0.2, -0.15) is 13.2 Å². The number of aryl methyl sites for hydroxylation is 1. The quantitative estimate of drug-likeness (QED) is 0.421. The summed E-state index contributed by atoms with van der Waals surface area (Å²) in [6.45, 7) is 3.60. The Morgan fingerprint density at radius 2 is 1.93 bits per heavy atom. The molecule has 0 aliphatic carbocycles. The van der Waals surface area contributed by atoms with Gasteiger partial charge in [-0.25, -0.2) is 9.37 Å². The molecule has 1 aromatic heterocycles. The Morgan fingerprint density at radius 1 is 1.17 bits per heavy atom. The van der Waals surface area contributed by atoms with Crippen LogP contribution in [0.15, 0.2) is 47.5 Å². The van der Waals surface area contributed by atoms with Gasteiger partial charge >= 0.3 is 6.18 Å². The Bertz CT molecular complexity index is 1070. The van der Waals surface area contributed by atoms with Crippen LogP contribution in [-0.4, -0.2) is 16.6 Å². The summed E-state index contributed by atoms with van der Waals surface area (Å²) in [6, 6.07) is 9.14. The maximum absolute atomic E-state index is 13.3. The molecule has 3 nitrogen and oxygen atoms in total. The number of alkyl halides is 3.